The van der Waals surface area contributed by atoms with Crippen molar-refractivity contribution in [1.82, 2.24) is 0 Å². The molecule has 3 aromatic carbocycles. The third-order valence-electron chi connectivity index (χ3n) is 4.34. The molecule has 0 aliphatic carbocycles. The molecule has 32 heavy (non-hydrogen) atoms. The van der Waals surface area contributed by atoms with Crippen molar-refractivity contribution in [2.45, 2.75) is 12.3 Å². The Balaban J connectivity index is 1.90. The van der Waals surface area contributed by atoms with Crippen LogP contribution < -0.4 is 11.1 Å². The molecule has 10 heteroatoms. The molecule has 0 aliphatic rings. The van der Waals surface area contributed by atoms with Gasteiger partial charge in [0.15, 0.2) is 0 Å². The molecule has 1 atom stereocenters. The van der Waals surface area contributed by atoms with Crippen LogP contribution in [0.2, 0.25) is 10.0 Å². The summed E-state index contributed by atoms with van der Waals surface area (Å²) < 4.78 is 44.8. The van der Waals surface area contributed by atoms with E-state index in [0.717, 1.165) is 6.07 Å². The second kappa shape index (κ2) is 9.50. The van der Waals surface area contributed by atoms with E-state index in [1.165, 1.54) is 36.4 Å². The van der Waals surface area contributed by atoms with Gasteiger partial charge in [0, 0.05) is 22.0 Å². The zero-order valence-corrected chi connectivity index (χ0v) is 17.6. The zero-order chi connectivity index (χ0) is 23.5. The Morgan fingerprint density at radius 2 is 1.66 bits per heavy atom. The number of rotatable bonds is 5. The number of carbonyl (C=O) groups is 2. The molecule has 0 heterocycles. The first kappa shape index (κ1) is 23.4. The predicted molar refractivity (Wildman–Crippen MR) is 116 cm³/mol. The second-order valence-corrected chi connectivity index (χ2v) is 7.45. The number of nitrogens with two attached hydrogens (primary N) is 1. The van der Waals surface area contributed by atoms with Crippen molar-refractivity contribution in [3.63, 3.8) is 0 Å². The molecule has 0 saturated heterocycles. The van der Waals surface area contributed by atoms with Gasteiger partial charge in [0.2, 0.25) is 6.10 Å². The molecule has 0 aliphatic heterocycles. The van der Waals surface area contributed by atoms with Gasteiger partial charge in [-0.1, -0.05) is 53.5 Å². The maximum absolute atomic E-state index is 13.1. The van der Waals surface area contributed by atoms with Crippen molar-refractivity contribution in [2.75, 3.05) is 11.1 Å². The van der Waals surface area contributed by atoms with E-state index in [2.05, 4.69) is 5.32 Å². The number of anilines is 2. The average Bonchev–Trinajstić information content (AvgIpc) is 2.73. The van der Waals surface area contributed by atoms with Gasteiger partial charge in [-0.3, -0.25) is 4.79 Å². The molecular formula is C22H15Cl2F3N2O3. The lowest BCUT2D eigenvalue weighted by atomic mass is 10.1. The Morgan fingerprint density at radius 3 is 2.28 bits per heavy atom. The van der Waals surface area contributed by atoms with Crippen molar-refractivity contribution < 1.29 is 27.5 Å². The number of hydrogen-bond acceptors (Lipinski definition) is 4. The lowest BCUT2D eigenvalue weighted by Gasteiger charge is -2.19. The van der Waals surface area contributed by atoms with Crippen LogP contribution in [0.15, 0.2) is 66.7 Å². The van der Waals surface area contributed by atoms with E-state index >= 15 is 0 Å². The molecule has 3 aromatic rings. The number of ether oxygens (including phenoxy) is 1. The molecule has 3 N–H and O–H groups in total. The van der Waals surface area contributed by atoms with E-state index in [-0.39, 0.29) is 16.9 Å². The SMILES string of the molecule is Nc1cc(Cl)ccc1C(=O)O[C@@H](C(=O)Nc1ccc(Cl)c(C(F)(F)F)c1)c1ccccc1. The van der Waals surface area contributed by atoms with Crippen molar-refractivity contribution in [3.8, 4) is 0 Å². The number of nitrogen functional groups attached to an aromatic ring is 1. The predicted octanol–water partition coefficient (Wildman–Crippen LogP) is 6.13. The number of esters is 1. The third-order valence-corrected chi connectivity index (χ3v) is 4.90. The number of hydrogen-bond donors (Lipinski definition) is 2. The highest BCUT2D eigenvalue weighted by Gasteiger charge is 2.34. The minimum Gasteiger partial charge on any atom is -0.444 e. The van der Waals surface area contributed by atoms with Gasteiger partial charge in [-0.15, -0.1) is 0 Å². The Morgan fingerprint density at radius 1 is 0.969 bits per heavy atom. The molecule has 1 amide bonds. The fourth-order valence-corrected chi connectivity index (χ4v) is 3.22. The molecular weight excluding hydrogens is 468 g/mol. The van der Waals surface area contributed by atoms with E-state index in [1.54, 1.807) is 18.2 Å². The maximum Gasteiger partial charge on any atom is 0.417 e. The lowest BCUT2D eigenvalue weighted by Crippen LogP contribution is -2.26. The highest BCUT2D eigenvalue weighted by atomic mass is 35.5. The van der Waals surface area contributed by atoms with Gasteiger partial charge < -0.3 is 15.8 Å². The number of nitrogens with one attached hydrogen (secondary N) is 1. The molecule has 5 nitrogen and oxygen atoms in total. The van der Waals surface area contributed by atoms with E-state index in [9.17, 15) is 22.8 Å². The first-order chi connectivity index (χ1) is 15.1. The molecule has 0 unspecified atom stereocenters. The quantitative estimate of drug-likeness (QED) is 0.338. The summed E-state index contributed by atoms with van der Waals surface area (Å²) in [7, 11) is 0. The Labute approximate surface area is 190 Å². The van der Waals surface area contributed by atoms with Gasteiger partial charge in [-0.05, 0) is 36.4 Å². The van der Waals surface area contributed by atoms with Crippen LogP contribution >= 0.6 is 23.2 Å². The highest BCUT2D eigenvalue weighted by molar-refractivity contribution is 6.31. The third kappa shape index (κ3) is 5.52. The summed E-state index contributed by atoms with van der Waals surface area (Å²) in [4.78, 5) is 25.6. The first-order valence-electron chi connectivity index (χ1n) is 9.05. The molecule has 0 aromatic heterocycles. The van der Waals surface area contributed by atoms with Crippen LogP contribution in [0.3, 0.4) is 0 Å². The maximum atomic E-state index is 13.1. The molecule has 0 spiro atoms. The van der Waals surface area contributed by atoms with Crippen LogP contribution in [-0.4, -0.2) is 11.9 Å². The van der Waals surface area contributed by atoms with Crippen LogP contribution in [0, 0.1) is 0 Å². The normalized spacial score (nSPS) is 12.2. The summed E-state index contributed by atoms with van der Waals surface area (Å²) in [6, 6.07) is 15.0. The summed E-state index contributed by atoms with van der Waals surface area (Å²) in [5.74, 6) is -1.78. The van der Waals surface area contributed by atoms with Gasteiger partial charge in [0.25, 0.3) is 5.91 Å². The largest absolute Gasteiger partial charge is 0.444 e. The van der Waals surface area contributed by atoms with Crippen LogP contribution in [0.5, 0.6) is 0 Å². The zero-order valence-electron chi connectivity index (χ0n) is 16.1. The van der Waals surface area contributed by atoms with Gasteiger partial charge in [0.1, 0.15) is 0 Å². The van der Waals surface area contributed by atoms with E-state index in [0.29, 0.717) is 16.7 Å². The second-order valence-electron chi connectivity index (χ2n) is 6.61. The number of alkyl halides is 3. The van der Waals surface area contributed by atoms with Gasteiger partial charge in [-0.25, -0.2) is 4.79 Å². The number of carbonyl (C=O) groups excluding carboxylic acids is 2. The first-order valence-corrected chi connectivity index (χ1v) is 9.80. The lowest BCUT2D eigenvalue weighted by molar-refractivity contribution is -0.137. The van der Waals surface area contributed by atoms with Crippen molar-refractivity contribution in [3.05, 3.63) is 93.5 Å². The number of amides is 1. The summed E-state index contributed by atoms with van der Waals surface area (Å²) in [6.07, 6.45) is -6.18. The fraction of sp³-hybridized carbons (Fsp3) is 0.0909. The monoisotopic (exact) mass is 482 g/mol. The van der Waals surface area contributed by atoms with E-state index in [1.807, 2.05) is 0 Å². The summed E-state index contributed by atoms with van der Waals surface area (Å²) >= 11 is 11.4. The van der Waals surface area contributed by atoms with Crippen LogP contribution in [0.25, 0.3) is 0 Å². The Hall–Kier alpha value is -3.23. The topological polar surface area (TPSA) is 81.4 Å². The number of halogens is 5. The van der Waals surface area contributed by atoms with Gasteiger partial charge in [-0.2, -0.15) is 13.2 Å². The van der Waals surface area contributed by atoms with Crippen LogP contribution in [-0.2, 0) is 15.7 Å². The molecule has 0 bridgehead atoms. The standard InChI is InChI=1S/C22H15Cl2F3N2O3/c23-13-6-8-15(18(28)10-13)21(31)32-19(12-4-2-1-3-5-12)20(30)29-14-7-9-17(24)16(11-14)22(25,26)27/h1-11,19H,28H2,(H,29,30)/t19-/m1/s1. The Kier molecular flexibility index (Phi) is 6.96. The van der Waals surface area contributed by atoms with E-state index in [4.69, 9.17) is 33.7 Å². The molecule has 0 fully saturated rings. The average molecular weight is 483 g/mol. The van der Waals surface area contributed by atoms with Crippen molar-refractivity contribution in [2.24, 2.45) is 0 Å². The molecule has 0 saturated carbocycles. The van der Waals surface area contributed by atoms with Crippen LogP contribution in [0.4, 0.5) is 24.5 Å². The van der Waals surface area contributed by atoms with E-state index < -0.39 is 34.7 Å². The molecule has 166 valence electrons. The highest BCUT2D eigenvalue weighted by Crippen LogP contribution is 2.36. The van der Waals surface area contributed by atoms with Crippen molar-refractivity contribution in [1.29, 1.82) is 0 Å². The fourth-order valence-electron chi connectivity index (χ4n) is 2.82. The summed E-state index contributed by atoms with van der Waals surface area (Å²) in [6.45, 7) is 0. The van der Waals surface area contributed by atoms with Gasteiger partial charge in [0.05, 0.1) is 16.1 Å². The minimum atomic E-state index is -4.71. The summed E-state index contributed by atoms with van der Waals surface area (Å²) in [5, 5.41) is 2.12. The van der Waals surface area contributed by atoms with Crippen LogP contribution in [0.1, 0.15) is 27.6 Å². The number of benzene rings is 3. The summed E-state index contributed by atoms with van der Waals surface area (Å²) in [5.41, 5.74) is 4.85. The Bertz CT molecular complexity index is 1150. The smallest absolute Gasteiger partial charge is 0.417 e. The molecule has 0 radical (unpaired) electrons. The molecule has 3 rings (SSSR count). The van der Waals surface area contributed by atoms with Gasteiger partial charge >= 0.3 is 12.1 Å². The van der Waals surface area contributed by atoms with Crippen molar-refractivity contribution >= 4 is 46.5 Å². The minimum absolute atomic E-state index is 0.0195.